The highest BCUT2D eigenvalue weighted by Crippen LogP contribution is 2.03. The highest BCUT2D eigenvalue weighted by atomic mass is 79.9. The monoisotopic (exact) mass is 342 g/mol. The lowest BCUT2D eigenvalue weighted by Gasteiger charge is -2.34. The van der Waals surface area contributed by atoms with Crippen molar-refractivity contribution in [1.82, 2.24) is 5.32 Å². The fourth-order valence-electron chi connectivity index (χ4n) is 1.72. The maximum atomic E-state index is 9.65. The van der Waals surface area contributed by atoms with Crippen molar-refractivity contribution >= 4 is 23.1 Å². The van der Waals surface area contributed by atoms with E-state index in [9.17, 15) is 9.90 Å². The average molecular weight is 343 g/mol. The Kier molecular flexibility index (Phi) is 19.6. The van der Waals surface area contributed by atoms with Crippen molar-refractivity contribution in [3.63, 3.8) is 0 Å². The molecule has 1 amide bonds. The lowest BCUT2D eigenvalue weighted by atomic mass is 10.3. The van der Waals surface area contributed by atoms with Crippen molar-refractivity contribution < 1.29 is 19.5 Å². The number of likely N-dealkylation sites (N-methyl/N-ethyl adjacent to an activating group) is 1. The summed E-state index contributed by atoms with van der Waals surface area (Å²) < 4.78 is 1.05. The number of carboxylic acid groups (broad SMARTS) is 1. The zero-order valence-corrected chi connectivity index (χ0v) is 14.5. The molecule has 0 spiro atoms. The second-order valence-corrected chi connectivity index (χ2v) is 4.31. The quantitative estimate of drug-likeness (QED) is 0.513. The number of hydrogen-bond donors (Lipinski definition) is 2. The van der Waals surface area contributed by atoms with Crippen LogP contribution in [0.15, 0.2) is 0 Å². The van der Waals surface area contributed by atoms with Crippen LogP contribution in [0.2, 0.25) is 0 Å². The Morgan fingerprint density at radius 2 is 1.63 bits per heavy atom. The lowest BCUT2D eigenvalue weighted by Crippen LogP contribution is -2.49. The molecule has 0 saturated heterocycles. The molecule has 6 heteroatoms. The summed E-state index contributed by atoms with van der Waals surface area (Å²) in [6.07, 6.45) is 0.701. The van der Waals surface area contributed by atoms with Crippen LogP contribution in [0.3, 0.4) is 0 Å². The minimum atomic E-state index is -1.18. The molecule has 0 aliphatic carbocycles. The van der Waals surface area contributed by atoms with Crippen LogP contribution in [0.4, 0.5) is 4.79 Å². The van der Waals surface area contributed by atoms with Gasteiger partial charge in [0.15, 0.2) is 0 Å². The van der Waals surface area contributed by atoms with Crippen LogP contribution < -0.4 is 10.4 Å². The predicted octanol–water partition coefficient (Wildman–Crippen LogP) is 1.15. The van der Waals surface area contributed by atoms with Gasteiger partial charge in [-0.25, -0.2) is 0 Å². The van der Waals surface area contributed by atoms with E-state index in [4.69, 9.17) is 5.11 Å². The van der Waals surface area contributed by atoms with Gasteiger partial charge < -0.3 is 24.8 Å². The molecule has 0 aromatic carbocycles. The van der Waals surface area contributed by atoms with Gasteiger partial charge in [-0.15, -0.1) is 17.0 Å². The van der Waals surface area contributed by atoms with Gasteiger partial charge in [-0.1, -0.05) is 13.3 Å². The van der Waals surface area contributed by atoms with Crippen LogP contribution in [-0.2, 0) is 0 Å². The molecule has 118 valence electrons. The smallest absolute Gasteiger partial charge is 0.134 e. The van der Waals surface area contributed by atoms with Crippen molar-refractivity contribution in [2.75, 3.05) is 39.3 Å². The predicted molar refractivity (Wildman–Crippen MR) is 82.5 cm³/mol. The molecule has 0 fully saturated rings. The molecule has 0 aromatic rings. The molecule has 0 rings (SSSR count). The van der Waals surface area contributed by atoms with Gasteiger partial charge in [0, 0.05) is 6.54 Å². The minimum absolute atomic E-state index is 0. The molecule has 0 aliphatic rings. The summed E-state index contributed by atoms with van der Waals surface area (Å²) in [5.74, 6) is 0. The Labute approximate surface area is 128 Å². The number of rotatable bonds is 8. The molecule has 0 saturated carbocycles. The number of halogens is 1. The standard InChI is InChI=1S/C8H20NO.C5H11NO2.BrH/c1-4-9(5-2,6-3)7-8-10;1-2-3-4-6-5(7)8;/h10H,4-8H2,1-3H3;6H,2-4H2,1H3,(H,7,8);1H/q+1;;/p-1. The van der Waals surface area contributed by atoms with E-state index in [2.05, 4.69) is 26.1 Å². The molecule has 0 aromatic heterocycles. The maximum absolute atomic E-state index is 9.65. The van der Waals surface area contributed by atoms with Crippen LogP contribution >= 0.6 is 17.0 Å². The van der Waals surface area contributed by atoms with Crippen LogP contribution in [0.1, 0.15) is 40.5 Å². The van der Waals surface area contributed by atoms with Crippen molar-refractivity contribution in [3.8, 4) is 0 Å². The molecular weight excluding hydrogens is 312 g/mol. The highest BCUT2D eigenvalue weighted by molar-refractivity contribution is 8.93. The molecule has 0 bridgehead atoms. The number of nitrogens with zero attached hydrogens (tertiary/aromatic N) is 1. The Morgan fingerprint density at radius 3 is 1.84 bits per heavy atom. The van der Waals surface area contributed by atoms with Crippen LogP contribution in [0, 0.1) is 0 Å². The zero-order chi connectivity index (χ0) is 14.4. The third-order valence-corrected chi connectivity index (χ3v) is 3.39. The number of quaternary nitrogens is 1. The lowest BCUT2D eigenvalue weighted by molar-refractivity contribution is -0.923. The summed E-state index contributed by atoms with van der Waals surface area (Å²) in [4.78, 5) is 9.65. The molecule has 0 unspecified atom stereocenters. The van der Waals surface area contributed by atoms with E-state index in [0.29, 0.717) is 13.2 Å². The van der Waals surface area contributed by atoms with E-state index in [1.165, 1.54) is 0 Å². The second-order valence-electron chi connectivity index (χ2n) is 4.31. The second kappa shape index (κ2) is 15.7. The molecule has 0 atom stereocenters. The van der Waals surface area contributed by atoms with Crippen LogP contribution in [0.5, 0.6) is 0 Å². The number of unbranched alkanes of at least 4 members (excludes halogenated alkanes) is 1. The van der Waals surface area contributed by atoms with Gasteiger partial charge in [0.1, 0.15) is 12.6 Å². The van der Waals surface area contributed by atoms with Gasteiger partial charge >= 0.3 is 0 Å². The Balaban J connectivity index is -0.000000262. The van der Waals surface area contributed by atoms with Gasteiger partial charge in [0.2, 0.25) is 0 Å². The van der Waals surface area contributed by atoms with E-state index in [1.54, 1.807) is 0 Å². The molecular formula is C13H31BrN2O3. The first-order valence-corrected chi connectivity index (χ1v) is 6.92. The van der Waals surface area contributed by atoms with Crippen molar-refractivity contribution in [2.24, 2.45) is 0 Å². The number of carbonyl (C=O) groups excluding carboxylic acids is 1. The fourth-order valence-corrected chi connectivity index (χ4v) is 1.72. The highest BCUT2D eigenvalue weighted by Gasteiger charge is 2.18. The zero-order valence-electron chi connectivity index (χ0n) is 12.8. The van der Waals surface area contributed by atoms with E-state index >= 15 is 0 Å². The fraction of sp³-hybridized carbons (Fsp3) is 0.923. The third kappa shape index (κ3) is 13.9. The third-order valence-electron chi connectivity index (χ3n) is 3.39. The average Bonchev–Trinajstić information content (AvgIpc) is 2.37. The van der Waals surface area contributed by atoms with E-state index in [1.807, 2.05) is 6.92 Å². The van der Waals surface area contributed by atoms with Gasteiger partial charge in [0.25, 0.3) is 0 Å². The summed E-state index contributed by atoms with van der Waals surface area (Å²) in [5.41, 5.74) is 0. The molecule has 19 heavy (non-hydrogen) atoms. The van der Waals surface area contributed by atoms with Gasteiger partial charge in [0.05, 0.1) is 26.2 Å². The van der Waals surface area contributed by atoms with E-state index < -0.39 is 6.09 Å². The number of hydrogen-bond acceptors (Lipinski definition) is 3. The topological polar surface area (TPSA) is 72.4 Å². The number of aliphatic hydroxyl groups is 1. The van der Waals surface area contributed by atoms with Crippen LogP contribution in [-0.4, -0.2) is 55.0 Å². The number of aliphatic hydroxyl groups excluding tert-OH is 1. The first-order chi connectivity index (χ1) is 8.51. The van der Waals surface area contributed by atoms with Gasteiger partial charge in [-0.2, -0.15) is 0 Å². The first kappa shape index (κ1) is 23.7. The Morgan fingerprint density at radius 1 is 1.16 bits per heavy atom. The molecule has 0 aliphatic heterocycles. The number of carbonyl (C=O) groups is 1. The maximum Gasteiger partial charge on any atom is 0.134 e. The largest absolute Gasteiger partial charge is 0.530 e. The summed E-state index contributed by atoms with van der Waals surface area (Å²) >= 11 is 0. The van der Waals surface area contributed by atoms with Crippen molar-refractivity contribution in [2.45, 2.75) is 40.5 Å². The van der Waals surface area contributed by atoms with Crippen molar-refractivity contribution in [3.05, 3.63) is 0 Å². The van der Waals surface area contributed by atoms with Crippen molar-refractivity contribution in [1.29, 1.82) is 0 Å². The first-order valence-electron chi connectivity index (χ1n) is 6.92. The molecule has 2 N–H and O–H groups in total. The van der Waals surface area contributed by atoms with E-state index in [-0.39, 0.29) is 17.0 Å². The van der Waals surface area contributed by atoms with Gasteiger partial charge in [-0.05, 0) is 27.2 Å². The van der Waals surface area contributed by atoms with Gasteiger partial charge in [-0.3, -0.25) is 0 Å². The summed E-state index contributed by atoms with van der Waals surface area (Å²) in [6.45, 7) is 13.7. The summed E-state index contributed by atoms with van der Waals surface area (Å²) in [5, 5.41) is 20.6. The SMILES string of the molecule is Br.CCCCNC(=O)[O-].CC[N+](CC)(CC)CCO. The van der Waals surface area contributed by atoms with Crippen LogP contribution in [0.25, 0.3) is 0 Å². The molecule has 0 heterocycles. The number of amides is 1. The number of nitrogens with one attached hydrogen (secondary N) is 1. The Hall–Kier alpha value is -0.330. The summed E-state index contributed by atoms with van der Waals surface area (Å²) in [7, 11) is 0. The van der Waals surface area contributed by atoms with E-state index in [0.717, 1.165) is 43.5 Å². The molecule has 0 radical (unpaired) electrons. The summed E-state index contributed by atoms with van der Waals surface area (Å²) in [6, 6.07) is 0. The normalized spacial score (nSPS) is 9.95. The Bertz CT molecular complexity index is 192. The minimum Gasteiger partial charge on any atom is -0.530 e. The molecule has 5 nitrogen and oxygen atoms in total.